The molecule has 1 aliphatic rings. The Morgan fingerprint density at radius 3 is 2.92 bits per heavy atom. The van der Waals surface area contributed by atoms with E-state index in [4.69, 9.17) is 0 Å². The summed E-state index contributed by atoms with van der Waals surface area (Å²) in [6.45, 7) is 12.2. The SMILES string of the molecule is CCN1CCCC(CNC(=NC)NCC(C)c2cccc(C)c2)C1. The van der Waals surface area contributed by atoms with E-state index in [1.807, 2.05) is 7.05 Å². The van der Waals surface area contributed by atoms with Gasteiger partial charge in [-0.3, -0.25) is 4.99 Å². The van der Waals surface area contributed by atoms with E-state index in [0.717, 1.165) is 31.5 Å². The average molecular weight is 331 g/mol. The fourth-order valence-electron chi connectivity index (χ4n) is 3.41. The summed E-state index contributed by atoms with van der Waals surface area (Å²) in [4.78, 5) is 6.92. The lowest BCUT2D eigenvalue weighted by atomic mass is 9.98. The summed E-state index contributed by atoms with van der Waals surface area (Å²) < 4.78 is 0. The predicted octanol–water partition coefficient (Wildman–Crippen LogP) is 3.00. The molecule has 2 atom stereocenters. The van der Waals surface area contributed by atoms with Gasteiger partial charge in [-0.25, -0.2) is 0 Å². The highest BCUT2D eigenvalue weighted by molar-refractivity contribution is 5.79. The minimum Gasteiger partial charge on any atom is -0.356 e. The van der Waals surface area contributed by atoms with Gasteiger partial charge in [0.05, 0.1) is 0 Å². The summed E-state index contributed by atoms with van der Waals surface area (Å²) >= 11 is 0. The third-order valence-corrected chi connectivity index (χ3v) is 5.02. The van der Waals surface area contributed by atoms with E-state index in [0.29, 0.717) is 5.92 Å². The topological polar surface area (TPSA) is 39.7 Å². The highest BCUT2D eigenvalue weighted by atomic mass is 15.2. The molecule has 0 amide bonds. The van der Waals surface area contributed by atoms with Crippen LogP contribution in [-0.2, 0) is 0 Å². The van der Waals surface area contributed by atoms with Crippen molar-refractivity contribution in [3.05, 3.63) is 35.4 Å². The van der Waals surface area contributed by atoms with E-state index in [2.05, 4.69) is 65.6 Å². The van der Waals surface area contributed by atoms with Crippen LogP contribution in [0.25, 0.3) is 0 Å². The summed E-state index contributed by atoms with van der Waals surface area (Å²) in [7, 11) is 1.85. The van der Waals surface area contributed by atoms with Crippen LogP contribution in [0.15, 0.2) is 29.3 Å². The highest BCUT2D eigenvalue weighted by Gasteiger charge is 2.18. The van der Waals surface area contributed by atoms with Gasteiger partial charge >= 0.3 is 0 Å². The molecular formula is C20H34N4. The number of benzene rings is 1. The molecule has 0 radical (unpaired) electrons. The summed E-state index contributed by atoms with van der Waals surface area (Å²) in [6, 6.07) is 8.76. The number of aliphatic imine (C=N–C) groups is 1. The van der Waals surface area contributed by atoms with Gasteiger partial charge in [0.15, 0.2) is 5.96 Å². The number of nitrogens with zero attached hydrogens (tertiary/aromatic N) is 2. The molecule has 1 aromatic rings. The Balaban J connectivity index is 1.76. The van der Waals surface area contributed by atoms with Crippen molar-refractivity contribution in [3.8, 4) is 0 Å². The molecule has 1 heterocycles. The molecule has 2 rings (SSSR count). The average Bonchev–Trinajstić information content (AvgIpc) is 2.61. The Morgan fingerprint density at radius 1 is 1.38 bits per heavy atom. The number of likely N-dealkylation sites (tertiary alicyclic amines) is 1. The minimum atomic E-state index is 0.466. The molecule has 1 aromatic carbocycles. The van der Waals surface area contributed by atoms with Gasteiger partial charge in [-0.1, -0.05) is 43.7 Å². The van der Waals surface area contributed by atoms with Crippen LogP contribution in [0, 0.1) is 12.8 Å². The van der Waals surface area contributed by atoms with Crippen LogP contribution in [0.4, 0.5) is 0 Å². The fourth-order valence-corrected chi connectivity index (χ4v) is 3.41. The largest absolute Gasteiger partial charge is 0.356 e. The highest BCUT2D eigenvalue weighted by Crippen LogP contribution is 2.16. The third-order valence-electron chi connectivity index (χ3n) is 5.02. The first-order valence-electron chi connectivity index (χ1n) is 9.35. The Bertz CT molecular complexity index is 526. The predicted molar refractivity (Wildman–Crippen MR) is 104 cm³/mol. The normalized spacial score (nSPS) is 20.7. The van der Waals surface area contributed by atoms with E-state index in [1.54, 1.807) is 0 Å². The molecule has 1 fully saturated rings. The molecule has 24 heavy (non-hydrogen) atoms. The number of aryl methyl sites for hydroxylation is 1. The molecule has 0 spiro atoms. The molecular weight excluding hydrogens is 296 g/mol. The molecule has 4 heteroatoms. The van der Waals surface area contributed by atoms with Gasteiger partial charge in [0.1, 0.15) is 0 Å². The van der Waals surface area contributed by atoms with Crippen molar-refractivity contribution >= 4 is 5.96 Å². The van der Waals surface area contributed by atoms with Crippen molar-refractivity contribution in [3.63, 3.8) is 0 Å². The lowest BCUT2D eigenvalue weighted by Crippen LogP contribution is -2.45. The number of rotatable bonds is 6. The van der Waals surface area contributed by atoms with E-state index < -0.39 is 0 Å². The molecule has 0 aromatic heterocycles. The van der Waals surface area contributed by atoms with E-state index in [-0.39, 0.29) is 0 Å². The van der Waals surface area contributed by atoms with Gasteiger partial charge in [-0.05, 0) is 50.3 Å². The van der Waals surface area contributed by atoms with Crippen molar-refractivity contribution in [2.45, 2.75) is 39.5 Å². The summed E-state index contributed by atoms with van der Waals surface area (Å²) in [6.07, 6.45) is 2.64. The second kappa shape index (κ2) is 9.67. The van der Waals surface area contributed by atoms with E-state index >= 15 is 0 Å². The Morgan fingerprint density at radius 2 is 2.21 bits per heavy atom. The van der Waals surface area contributed by atoms with Crippen LogP contribution in [0.5, 0.6) is 0 Å². The van der Waals surface area contributed by atoms with Crippen molar-refractivity contribution in [1.82, 2.24) is 15.5 Å². The minimum absolute atomic E-state index is 0.466. The Labute approximate surface area is 147 Å². The smallest absolute Gasteiger partial charge is 0.191 e. The standard InChI is InChI=1S/C20H34N4/c1-5-24-11-7-9-18(15-24)14-23-20(21-4)22-13-17(3)19-10-6-8-16(2)12-19/h6,8,10,12,17-18H,5,7,9,11,13-15H2,1-4H3,(H2,21,22,23). The molecule has 0 saturated carbocycles. The second-order valence-corrected chi connectivity index (χ2v) is 7.05. The molecule has 2 unspecified atom stereocenters. The molecule has 0 bridgehead atoms. The fraction of sp³-hybridized carbons (Fsp3) is 0.650. The summed E-state index contributed by atoms with van der Waals surface area (Å²) in [5.41, 5.74) is 2.70. The second-order valence-electron chi connectivity index (χ2n) is 7.05. The first-order valence-corrected chi connectivity index (χ1v) is 9.35. The maximum Gasteiger partial charge on any atom is 0.191 e. The quantitative estimate of drug-likeness (QED) is 0.622. The monoisotopic (exact) mass is 330 g/mol. The van der Waals surface area contributed by atoms with Gasteiger partial charge in [-0.2, -0.15) is 0 Å². The van der Waals surface area contributed by atoms with Crippen LogP contribution < -0.4 is 10.6 Å². The molecule has 0 aliphatic carbocycles. The first-order chi connectivity index (χ1) is 11.6. The zero-order valence-electron chi connectivity index (χ0n) is 15.8. The van der Waals surface area contributed by atoms with E-state index in [9.17, 15) is 0 Å². The lowest BCUT2D eigenvalue weighted by molar-refractivity contribution is 0.183. The van der Waals surface area contributed by atoms with Gasteiger partial charge in [-0.15, -0.1) is 0 Å². The van der Waals surface area contributed by atoms with Crippen LogP contribution in [0.1, 0.15) is 43.7 Å². The van der Waals surface area contributed by atoms with Crippen molar-refractivity contribution in [2.75, 3.05) is 39.8 Å². The number of piperidine rings is 1. The van der Waals surface area contributed by atoms with Crippen LogP contribution in [0.2, 0.25) is 0 Å². The van der Waals surface area contributed by atoms with Crippen molar-refractivity contribution in [1.29, 1.82) is 0 Å². The number of nitrogens with one attached hydrogen (secondary N) is 2. The summed E-state index contributed by atoms with van der Waals surface area (Å²) in [5, 5.41) is 6.99. The summed E-state index contributed by atoms with van der Waals surface area (Å²) in [5.74, 6) is 2.11. The van der Waals surface area contributed by atoms with Gasteiger partial charge in [0, 0.05) is 26.7 Å². The molecule has 1 aliphatic heterocycles. The van der Waals surface area contributed by atoms with Crippen molar-refractivity contribution in [2.24, 2.45) is 10.9 Å². The lowest BCUT2D eigenvalue weighted by Gasteiger charge is -2.32. The van der Waals surface area contributed by atoms with Gasteiger partial charge in [0.2, 0.25) is 0 Å². The Kier molecular flexibility index (Phi) is 7.57. The van der Waals surface area contributed by atoms with Crippen molar-refractivity contribution < 1.29 is 0 Å². The zero-order chi connectivity index (χ0) is 17.4. The number of hydrogen-bond donors (Lipinski definition) is 2. The maximum atomic E-state index is 4.38. The van der Waals surface area contributed by atoms with Gasteiger partial charge < -0.3 is 15.5 Å². The molecule has 134 valence electrons. The van der Waals surface area contributed by atoms with Crippen LogP contribution >= 0.6 is 0 Å². The van der Waals surface area contributed by atoms with Crippen LogP contribution in [-0.4, -0.2) is 50.6 Å². The van der Waals surface area contributed by atoms with E-state index in [1.165, 1.54) is 37.1 Å². The number of guanidine groups is 1. The third kappa shape index (κ3) is 5.82. The number of hydrogen-bond acceptors (Lipinski definition) is 2. The molecule has 2 N–H and O–H groups in total. The molecule has 1 saturated heterocycles. The Hall–Kier alpha value is -1.55. The first kappa shape index (κ1) is 18.8. The molecule has 4 nitrogen and oxygen atoms in total. The van der Waals surface area contributed by atoms with Crippen LogP contribution in [0.3, 0.4) is 0 Å². The van der Waals surface area contributed by atoms with Gasteiger partial charge in [0.25, 0.3) is 0 Å². The zero-order valence-corrected chi connectivity index (χ0v) is 15.8. The maximum absolute atomic E-state index is 4.38.